The highest BCUT2D eigenvalue weighted by atomic mass is 19.1. The van der Waals surface area contributed by atoms with E-state index in [-0.39, 0.29) is 23.0 Å². The number of aromatic nitrogens is 1. The fourth-order valence-corrected chi connectivity index (χ4v) is 4.06. The molecule has 0 unspecified atom stereocenters. The normalized spacial score (nSPS) is 11.3. The van der Waals surface area contributed by atoms with Crippen molar-refractivity contribution in [3.8, 4) is 28.3 Å². The van der Waals surface area contributed by atoms with Gasteiger partial charge in [-0.2, -0.15) is 0 Å². The van der Waals surface area contributed by atoms with Gasteiger partial charge in [0.05, 0.1) is 23.6 Å². The van der Waals surface area contributed by atoms with E-state index in [4.69, 9.17) is 4.74 Å². The number of hydrogen-bond donors (Lipinski definition) is 2. The molecule has 4 aromatic rings. The van der Waals surface area contributed by atoms with E-state index < -0.39 is 17.6 Å². The van der Waals surface area contributed by atoms with Gasteiger partial charge in [0, 0.05) is 29.1 Å². The molecule has 0 spiro atoms. The van der Waals surface area contributed by atoms with E-state index >= 15 is 0 Å². The van der Waals surface area contributed by atoms with Crippen LogP contribution in [-0.2, 0) is 0 Å². The van der Waals surface area contributed by atoms with Gasteiger partial charge in [0.2, 0.25) is 0 Å². The molecule has 0 amide bonds. The lowest BCUT2D eigenvalue weighted by Crippen LogP contribution is -2.04. The monoisotopic (exact) mass is 437 g/mol. The summed E-state index contributed by atoms with van der Waals surface area (Å²) in [5.41, 5.74) is 3.12. The van der Waals surface area contributed by atoms with Crippen LogP contribution in [0.2, 0.25) is 0 Å². The second kappa shape index (κ2) is 8.00. The number of hydrogen-bond acceptors (Lipinski definition) is 3. The molecule has 2 N–H and O–H groups in total. The highest BCUT2D eigenvalue weighted by Gasteiger charge is 2.25. The van der Waals surface area contributed by atoms with Crippen LogP contribution in [0, 0.1) is 11.6 Å². The summed E-state index contributed by atoms with van der Waals surface area (Å²) in [4.78, 5) is 11.3. The third kappa shape index (κ3) is 3.45. The Hall–Kier alpha value is -3.87. The summed E-state index contributed by atoms with van der Waals surface area (Å²) in [5, 5.41) is 20.4. The maximum atomic E-state index is 14.4. The first-order valence-corrected chi connectivity index (χ1v) is 9.97. The van der Waals surface area contributed by atoms with Crippen LogP contribution in [0.5, 0.6) is 11.5 Å². The lowest BCUT2D eigenvalue weighted by atomic mass is 9.95. The van der Waals surface area contributed by atoms with Crippen LogP contribution in [0.4, 0.5) is 8.78 Å². The van der Waals surface area contributed by atoms with E-state index in [0.29, 0.717) is 27.7 Å². The Labute approximate surface area is 183 Å². The largest absolute Gasteiger partial charge is 0.507 e. The second-order valence-electron chi connectivity index (χ2n) is 7.77. The molecule has 0 saturated carbocycles. The number of carboxylic acids is 1. The quantitative estimate of drug-likeness (QED) is 0.395. The molecule has 1 heterocycles. The Morgan fingerprint density at radius 2 is 1.72 bits per heavy atom. The van der Waals surface area contributed by atoms with E-state index in [2.05, 4.69) is 0 Å². The molecule has 0 aliphatic rings. The van der Waals surface area contributed by atoms with Crippen molar-refractivity contribution in [1.29, 1.82) is 0 Å². The number of carboxylic acid groups (broad SMARTS) is 1. The molecule has 0 bridgehead atoms. The molecule has 3 aromatic carbocycles. The molecule has 4 rings (SSSR count). The van der Waals surface area contributed by atoms with Crippen LogP contribution >= 0.6 is 0 Å². The summed E-state index contributed by atoms with van der Waals surface area (Å²) in [6.07, 6.45) is 0. The van der Waals surface area contributed by atoms with Gasteiger partial charge in [-0.3, -0.25) is 0 Å². The summed E-state index contributed by atoms with van der Waals surface area (Å²) in [7, 11) is 1.36. The number of carbonyl (C=O) groups is 1. The van der Waals surface area contributed by atoms with Gasteiger partial charge in [-0.15, -0.1) is 0 Å². The van der Waals surface area contributed by atoms with Gasteiger partial charge in [0.15, 0.2) is 11.6 Å². The molecule has 32 heavy (non-hydrogen) atoms. The number of ether oxygens (including phenoxy) is 1. The van der Waals surface area contributed by atoms with Gasteiger partial charge < -0.3 is 19.5 Å². The molecule has 0 radical (unpaired) electrons. The fourth-order valence-electron chi connectivity index (χ4n) is 4.06. The first-order valence-electron chi connectivity index (χ1n) is 9.97. The van der Waals surface area contributed by atoms with Gasteiger partial charge in [-0.05, 0) is 41.8 Å². The predicted octanol–water partition coefficient (Wildman–Crippen LogP) is 6.11. The Morgan fingerprint density at radius 1 is 1.03 bits per heavy atom. The number of halogens is 2. The Balaban J connectivity index is 2.13. The lowest BCUT2D eigenvalue weighted by Gasteiger charge is -2.16. The lowest BCUT2D eigenvalue weighted by molar-refractivity contribution is 0.0697. The number of benzene rings is 3. The van der Waals surface area contributed by atoms with E-state index in [1.54, 1.807) is 22.8 Å². The predicted molar refractivity (Wildman–Crippen MR) is 118 cm³/mol. The van der Waals surface area contributed by atoms with Crippen molar-refractivity contribution in [1.82, 2.24) is 4.57 Å². The van der Waals surface area contributed by atoms with E-state index in [9.17, 15) is 23.8 Å². The minimum absolute atomic E-state index is 0.0343. The van der Waals surface area contributed by atoms with Crippen molar-refractivity contribution >= 4 is 16.9 Å². The van der Waals surface area contributed by atoms with Crippen LogP contribution in [0.15, 0.2) is 54.6 Å². The Bertz CT molecular complexity index is 1340. The van der Waals surface area contributed by atoms with Crippen LogP contribution in [0.1, 0.15) is 35.8 Å². The van der Waals surface area contributed by atoms with Crippen LogP contribution < -0.4 is 4.74 Å². The smallest absolute Gasteiger partial charge is 0.335 e. The number of aromatic carboxylic acids is 1. The van der Waals surface area contributed by atoms with Gasteiger partial charge in [-0.25, -0.2) is 13.6 Å². The molecule has 164 valence electrons. The molecule has 0 aliphatic carbocycles. The molecule has 0 saturated heterocycles. The second-order valence-corrected chi connectivity index (χ2v) is 7.77. The highest BCUT2D eigenvalue weighted by Crippen LogP contribution is 2.45. The van der Waals surface area contributed by atoms with Crippen molar-refractivity contribution in [2.24, 2.45) is 0 Å². The van der Waals surface area contributed by atoms with Gasteiger partial charge in [0.1, 0.15) is 11.6 Å². The number of phenols is 1. The Kier molecular flexibility index (Phi) is 5.34. The molecule has 0 atom stereocenters. The van der Waals surface area contributed by atoms with E-state index in [1.165, 1.54) is 37.4 Å². The summed E-state index contributed by atoms with van der Waals surface area (Å²) in [6.45, 7) is 3.90. The number of aromatic hydroxyl groups is 1. The highest BCUT2D eigenvalue weighted by molar-refractivity contribution is 6.03. The molecular weight excluding hydrogens is 416 g/mol. The number of methoxy groups -OCH3 is 1. The molecule has 7 heteroatoms. The maximum Gasteiger partial charge on any atom is 0.335 e. The van der Waals surface area contributed by atoms with E-state index in [1.807, 2.05) is 13.8 Å². The summed E-state index contributed by atoms with van der Waals surface area (Å²) < 4.78 is 35.3. The zero-order valence-electron chi connectivity index (χ0n) is 17.7. The van der Waals surface area contributed by atoms with Crippen molar-refractivity contribution < 1.29 is 28.5 Å². The van der Waals surface area contributed by atoms with Crippen molar-refractivity contribution in [3.05, 3.63) is 77.5 Å². The van der Waals surface area contributed by atoms with Gasteiger partial charge in [-0.1, -0.05) is 26.0 Å². The topological polar surface area (TPSA) is 71.7 Å². The van der Waals surface area contributed by atoms with Crippen LogP contribution in [0.3, 0.4) is 0 Å². The zero-order chi connectivity index (χ0) is 23.2. The maximum absolute atomic E-state index is 14.4. The molecular formula is C25H21F2NO4. The minimum Gasteiger partial charge on any atom is -0.507 e. The molecule has 1 aromatic heterocycles. The van der Waals surface area contributed by atoms with Crippen molar-refractivity contribution in [2.75, 3.05) is 7.11 Å². The molecule has 0 aliphatic heterocycles. The van der Waals surface area contributed by atoms with E-state index in [0.717, 1.165) is 11.8 Å². The third-order valence-electron chi connectivity index (χ3n) is 5.41. The van der Waals surface area contributed by atoms with Crippen molar-refractivity contribution in [3.63, 3.8) is 0 Å². The number of rotatable bonds is 5. The molecule has 0 fully saturated rings. The number of phenolic OH excluding ortho intramolecular Hbond substituents is 1. The standard InChI is InChI=1S/C25H21F2NO4/c1-13(2)24-22(14-4-6-15(7-5-14)25(30)31)23-19(10-16(26)11-20(23)29)28(24)17-8-9-18(27)21(12-17)32-3/h4-13,29H,1-3H3,(H,30,31). The number of fused-ring (bicyclic) bond motifs is 1. The summed E-state index contributed by atoms with van der Waals surface area (Å²) >= 11 is 0. The van der Waals surface area contributed by atoms with Crippen molar-refractivity contribution in [2.45, 2.75) is 19.8 Å². The SMILES string of the molecule is COc1cc(-n2c(C(C)C)c(-c3ccc(C(=O)O)cc3)c3c(O)cc(F)cc32)ccc1F. The first-order chi connectivity index (χ1) is 15.2. The van der Waals surface area contributed by atoms with Crippen LogP contribution in [-0.4, -0.2) is 27.9 Å². The first kappa shape index (κ1) is 21.4. The van der Waals surface area contributed by atoms with Gasteiger partial charge in [0.25, 0.3) is 0 Å². The zero-order valence-corrected chi connectivity index (χ0v) is 17.7. The average Bonchev–Trinajstić information content (AvgIpc) is 3.09. The third-order valence-corrected chi connectivity index (χ3v) is 5.41. The number of nitrogens with zero attached hydrogens (tertiary/aromatic N) is 1. The van der Waals surface area contributed by atoms with Gasteiger partial charge >= 0.3 is 5.97 Å². The summed E-state index contributed by atoms with van der Waals surface area (Å²) in [6, 6.07) is 13.0. The minimum atomic E-state index is -1.05. The average molecular weight is 437 g/mol. The fraction of sp³-hybridized carbons (Fsp3) is 0.160. The van der Waals surface area contributed by atoms with Crippen LogP contribution in [0.25, 0.3) is 27.7 Å². The Morgan fingerprint density at radius 3 is 2.31 bits per heavy atom. The molecule has 5 nitrogen and oxygen atoms in total. The summed E-state index contributed by atoms with van der Waals surface area (Å²) in [5.74, 6) is -2.50.